The number of aryl methyl sites for hydroxylation is 2. The van der Waals surface area contributed by atoms with Crippen molar-refractivity contribution in [1.29, 1.82) is 0 Å². The number of benzene rings is 2. The van der Waals surface area contributed by atoms with E-state index < -0.39 is 0 Å². The van der Waals surface area contributed by atoms with Crippen LogP contribution in [0.2, 0.25) is 0 Å². The van der Waals surface area contributed by atoms with E-state index in [1.807, 2.05) is 13.0 Å². The fourth-order valence-electron chi connectivity index (χ4n) is 3.25. The molecule has 0 heterocycles. The first-order chi connectivity index (χ1) is 12.1. The van der Waals surface area contributed by atoms with E-state index in [2.05, 4.69) is 28.8 Å². The van der Waals surface area contributed by atoms with Gasteiger partial charge in [0, 0.05) is 5.56 Å². The lowest BCUT2D eigenvalue weighted by Crippen LogP contribution is -2.38. The van der Waals surface area contributed by atoms with Gasteiger partial charge in [0.25, 0.3) is 5.91 Å². The molecule has 0 aromatic heterocycles. The first kappa shape index (κ1) is 17.2. The summed E-state index contributed by atoms with van der Waals surface area (Å²) in [5, 5.41) is 5.61. The number of fused-ring (bicyclic) bond motifs is 1. The third-order valence-corrected chi connectivity index (χ3v) is 4.70. The molecule has 4 heteroatoms. The van der Waals surface area contributed by atoms with Gasteiger partial charge in [0.2, 0.25) is 5.91 Å². The summed E-state index contributed by atoms with van der Waals surface area (Å²) < 4.78 is 0. The molecule has 130 valence electrons. The maximum absolute atomic E-state index is 12.1. The Kier molecular flexibility index (Phi) is 5.49. The monoisotopic (exact) mass is 336 g/mol. The Morgan fingerprint density at radius 3 is 2.48 bits per heavy atom. The number of amides is 2. The lowest BCUT2D eigenvalue weighted by Gasteiger charge is -2.20. The van der Waals surface area contributed by atoms with Crippen molar-refractivity contribution < 1.29 is 9.59 Å². The molecule has 0 saturated carbocycles. The SMILES string of the molecule is C[C@@H](NC(=O)CNC(=O)c1ccccc1)c1ccc2c(c1)CCCC2. The number of rotatable bonds is 5. The average Bonchev–Trinajstić information content (AvgIpc) is 2.66. The molecule has 2 N–H and O–H groups in total. The van der Waals surface area contributed by atoms with Crippen LogP contribution >= 0.6 is 0 Å². The molecule has 0 unspecified atom stereocenters. The van der Waals surface area contributed by atoms with Gasteiger partial charge >= 0.3 is 0 Å². The molecule has 1 atom stereocenters. The van der Waals surface area contributed by atoms with E-state index in [4.69, 9.17) is 0 Å². The molecule has 2 amide bonds. The molecule has 3 rings (SSSR count). The minimum atomic E-state index is -0.239. The van der Waals surface area contributed by atoms with Crippen molar-refractivity contribution in [2.24, 2.45) is 0 Å². The van der Waals surface area contributed by atoms with Gasteiger partial charge in [0.1, 0.15) is 0 Å². The summed E-state index contributed by atoms with van der Waals surface area (Å²) in [6.45, 7) is 1.95. The fraction of sp³-hybridized carbons (Fsp3) is 0.333. The Bertz CT molecular complexity index is 756. The van der Waals surface area contributed by atoms with Crippen molar-refractivity contribution in [3.8, 4) is 0 Å². The Hall–Kier alpha value is -2.62. The van der Waals surface area contributed by atoms with Gasteiger partial charge in [-0.25, -0.2) is 0 Å². The van der Waals surface area contributed by atoms with E-state index in [9.17, 15) is 9.59 Å². The molecule has 1 aliphatic rings. The summed E-state index contributed by atoms with van der Waals surface area (Å²) in [5.41, 5.74) is 4.51. The van der Waals surface area contributed by atoms with Crippen LogP contribution in [-0.2, 0) is 17.6 Å². The van der Waals surface area contributed by atoms with Crippen molar-refractivity contribution in [3.63, 3.8) is 0 Å². The van der Waals surface area contributed by atoms with E-state index in [0.717, 1.165) is 18.4 Å². The van der Waals surface area contributed by atoms with Gasteiger partial charge in [-0.05, 0) is 61.4 Å². The van der Waals surface area contributed by atoms with E-state index in [1.165, 1.54) is 24.0 Å². The second-order valence-corrected chi connectivity index (χ2v) is 6.57. The van der Waals surface area contributed by atoms with Crippen LogP contribution < -0.4 is 10.6 Å². The zero-order valence-electron chi connectivity index (χ0n) is 14.5. The second-order valence-electron chi connectivity index (χ2n) is 6.57. The van der Waals surface area contributed by atoms with Crippen LogP contribution in [0.5, 0.6) is 0 Å². The lowest BCUT2D eigenvalue weighted by molar-refractivity contribution is -0.120. The van der Waals surface area contributed by atoms with E-state index in [1.54, 1.807) is 24.3 Å². The van der Waals surface area contributed by atoms with Gasteiger partial charge in [-0.15, -0.1) is 0 Å². The summed E-state index contributed by atoms with van der Waals surface area (Å²) in [7, 11) is 0. The highest BCUT2D eigenvalue weighted by atomic mass is 16.2. The number of carbonyl (C=O) groups is 2. The number of hydrogen-bond donors (Lipinski definition) is 2. The summed E-state index contributed by atoms with van der Waals surface area (Å²) in [5.74, 6) is -0.424. The maximum Gasteiger partial charge on any atom is 0.251 e. The fourth-order valence-corrected chi connectivity index (χ4v) is 3.25. The molecule has 2 aromatic rings. The highest BCUT2D eigenvalue weighted by Gasteiger charge is 2.14. The zero-order valence-corrected chi connectivity index (χ0v) is 14.5. The third kappa shape index (κ3) is 4.47. The zero-order chi connectivity index (χ0) is 17.6. The Labute approximate surface area is 148 Å². The summed E-state index contributed by atoms with van der Waals surface area (Å²) in [6, 6.07) is 15.3. The van der Waals surface area contributed by atoms with Gasteiger partial charge in [0.05, 0.1) is 12.6 Å². The van der Waals surface area contributed by atoms with Crippen LogP contribution in [0.25, 0.3) is 0 Å². The molecule has 0 bridgehead atoms. The topological polar surface area (TPSA) is 58.2 Å². The van der Waals surface area contributed by atoms with Crippen LogP contribution in [0.1, 0.15) is 52.9 Å². The largest absolute Gasteiger partial charge is 0.348 e. The maximum atomic E-state index is 12.1. The molecule has 0 fully saturated rings. The average molecular weight is 336 g/mol. The van der Waals surface area contributed by atoms with Gasteiger partial charge in [0.15, 0.2) is 0 Å². The van der Waals surface area contributed by atoms with E-state index >= 15 is 0 Å². The van der Waals surface area contributed by atoms with Crippen LogP contribution in [0.3, 0.4) is 0 Å². The van der Waals surface area contributed by atoms with Gasteiger partial charge in [-0.1, -0.05) is 36.4 Å². The van der Waals surface area contributed by atoms with Gasteiger partial charge in [-0.3, -0.25) is 9.59 Å². The molecule has 4 nitrogen and oxygen atoms in total. The molecule has 0 spiro atoms. The minimum absolute atomic E-state index is 0.0248. The first-order valence-electron chi connectivity index (χ1n) is 8.88. The molecule has 25 heavy (non-hydrogen) atoms. The van der Waals surface area contributed by atoms with Crippen LogP contribution in [0.4, 0.5) is 0 Å². The molecule has 0 radical (unpaired) electrons. The minimum Gasteiger partial charge on any atom is -0.348 e. The summed E-state index contributed by atoms with van der Waals surface area (Å²) in [4.78, 5) is 24.1. The van der Waals surface area contributed by atoms with Crippen molar-refractivity contribution in [2.75, 3.05) is 6.54 Å². The van der Waals surface area contributed by atoms with Gasteiger partial charge < -0.3 is 10.6 Å². The number of hydrogen-bond acceptors (Lipinski definition) is 2. The van der Waals surface area contributed by atoms with Gasteiger partial charge in [-0.2, -0.15) is 0 Å². The van der Waals surface area contributed by atoms with Crippen LogP contribution in [0, 0.1) is 0 Å². The predicted molar refractivity (Wildman–Crippen MR) is 98.4 cm³/mol. The molecular weight excluding hydrogens is 312 g/mol. The smallest absolute Gasteiger partial charge is 0.251 e. The Morgan fingerprint density at radius 1 is 1.00 bits per heavy atom. The van der Waals surface area contributed by atoms with E-state index in [-0.39, 0.29) is 24.4 Å². The van der Waals surface area contributed by atoms with Crippen LogP contribution in [-0.4, -0.2) is 18.4 Å². The Balaban J connectivity index is 1.53. The Morgan fingerprint density at radius 2 is 1.72 bits per heavy atom. The lowest BCUT2D eigenvalue weighted by atomic mass is 9.89. The molecular formula is C21H24N2O2. The normalized spacial score (nSPS) is 14.3. The van der Waals surface area contributed by atoms with Crippen molar-refractivity contribution in [1.82, 2.24) is 10.6 Å². The highest BCUT2D eigenvalue weighted by molar-refractivity contribution is 5.96. The molecule has 1 aliphatic carbocycles. The predicted octanol–water partition coefficient (Wildman–Crippen LogP) is 3.17. The first-order valence-corrected chi connectivity index (χ1v) is 8.88. The molecule has 0 saturated heterocycles. The highest BCUT2D eigenvalue weighted by Crippen LogP contribution is 2.24. The van der Waals surface area contributed by atoms with Crippen molar-refractivity contribution in [2.45, 2.75) is 38.6 Å². The quantitative estimate of drug-likeness (QED) is 0.881. The van der Waals surface area contributed by atoms with Crippen LogP contribution in [0.15, 0.2) is 48.5 Å². The number of carbonyl (C=O) groups excluding carboxylic acids is 2. The second kappa shape index (κ2) is 7.97. The molecule has 0 aliphatic heterocycles. The molecule has 2 aromatic carbocycles. The summed E-state index contributed by atoms with van der Waals surface area (Å²) >= 11 is 0. The van der Waals surface area contributed by atoms with Crippen molar-refractivity contribution in [3.05, 3.63) is 70.8 Å². The number of nitrogens with one attached hydrogen (secondary N) is 2. The van der Waals surface area contributed by atoms with Crippen molar-refractivity contribution >= 4 is 11.8 Å². The third-order valence-electron chi connectivity index (χ3n) is 4.70. The standard InChI is InChI=1S/C21H24N2O2/c1-15(18-12-11-16-7-5-6-10-19(16)13-18)23-20(24)14-22-21(25)17-8-3-2-4-9-17/h2-4,8-9,11-13,15H,5-7,10,14H2,1H3,(H,22,25)(H,23,24)/t15-/m1/s1. The summed E-state index contributed by atoms with van der Waals surface area (Å²) in [6.07, 6.45) is 4.78. The van der Waals surface area contributed by atoms with E-state index in [0.29, 0.717) is 5.56 Å².